The molecule has 1 spiro atoms. The van der Waals surface area contributed by atoms with Gasteiger partial charge in [0.05, 0.1) is 19.1 Å². The van der Waals surface area contributed by atoms with Gasteiger partial charge in [0.25, 0.3) is 0 Å². The van der Waals surface area contributed by atoms with Gasteiger partial charge in [-0.2, -0.15) is 0 Å². The number of benzene rings is 1. The van der Waals surface area contributed by atoms with Gasteiger partial charge in [0, 0.05) is 19.1 Å². The summed E-state index contributed by atoms with van der Waals surface area (Å²) in [6, 6.07) is 8.56. The van der Waals surface area contributed by atoms with Crippen molar-refractivity contribution in [3.05, 3.63) is 35.9 Å². The highest BCUT2D eigenvalue weighted by molar-refractivity contribution is 5.92. The van der Waals surface area contributed by atoms with E-state index in [1.54, 1.807) is 0 Å². The maximum Gasteiger partial charge on any atom is 0.243 e. The van der Waals surface area contributed by atoms with Crippen molar-refractivity contribution in [2.24, 2.45) is 17.1 Å². The molecule has 4 rings (SSSR count). The Kier molecular flexibility index (Phi) is 10.8. The normalized spacial score (nSPS) is 20.3. The second-order valence-electron chi connectivity index (χ2n) is 12.7. The first-order valence-corrected chi connectivity index (χ1v) is 15.3. The van der Waals surface area contributed by atoms with Crippen LogP contribution in [0.5, 0.6) is 0 Å². The lowest BCUT2D eigenvalue weighted by molar-refractivity contribution is -0.137. The lowest BCUT2D eigenvalue weighted by Crippen LogP contribution is -2.56. The van der Waals surface area contributed by atoms with Crippen LogP contribution in [0.2, 0.25) is 0 Å². The number of carbonyl (C=O) groups is 4. The van der Waals surface area contributed by atoms with Crippen molar-refractivity contribution < 1.29 is 19.2 Å². The van der Waals surface area contributed by atoms with E-state index in [2.05, 4.69) is 20.9 Å². The van der Waals surface area contributed by atoms with E-state index in [0.29, 0.717) is 18.3 Å². The van der Waals surface area contributed by atoms with Crippen LogP contribution in [0.1, 0.15) is 64.4 Å². The summed E-state index contributed by atoms with van der Waals surface area (Å²) in [6.07, 6.45) is 7.98. The molecule has 10 nitrogen and oxygen atoms in total. The molecule has 1 saturated carbocycles. The Labute approximate surface area is 244 Å². The fraction of sp³-hybridized carbons (Fsp3) is 0.677. The van der Waals surface area contributed by atoms with Gasteiger partial charge in [-0.15, -0.1) is 0 Å². The van der Waals surface area contributed by atoms with Gasteiger partial charge in [-0.1, -0.05) is 44.2 Å². The monoisotopic (exact) mass is 568 g/mol. The van der Waals surface area contributed by atoms with E-state index in [9.17, 15) is 19.2 Å². The molecule has 0 radical (unpaired) electrons. The lowest BCUT2D eigenvalue weighted by atomic mass is 9.60. The third kappa shape index (κ3) is 8.75. The number of rotatable bonds is 12. The summed E-state index contributed by atoms with van der Waals surface area (Å²) in [7, 11) is 0. The molecule has 5 N–H and O–H groups in total. The number of nitrogens with two attached hydrogens (primary N) is 1. The third-order valence-corrected chi connectivity index (χ3v) is 9.00. The first-order valence-electron chi connectivity index (χ1n) is 15.3. The van der Waals surface area contributed by atoms with Gasteiger partial charge in [-0.25, -0.2) is 0 Å². The van der Waals surface area contributed by atoms with Crippen molar-refractivity contribution in [1.29, 1.82) is 0 Å². The minimum Gasteiger partial charge on any atom is -0.346 e. The summed E-state index contributed by atoms with van der Waals surface area (Å²) in [4.78, 5) is 55.3. The number of nitrogens with one attached hydrogen (secondary N) is 3. The summed E-state index contributed by atoms with van der Waals surface area (Å²) in [5.41, 5.74) is 7.31. The zero-order valence-corrected chi connectivity index (χ0v) is 24.7. The van der Waals surface area contributed by atoms with Crippen LogP contribution in [0.3, 0.4) is 0 Å². The Balaban J connectivity index is 1.16. The summed E-state index contributed by atoms with van der Waals surface area (Å²) in [5, 5.41) is 8.00. The average molecular weight is 569 g/mol. The molecule has 0 bridgehead atoms. The van der Waals surface area contributed by atoms with Crippen molar-refractivity contribution in [2.75, 3.05) is 39.3 Å². The molecule has 3 fully saturated rings. The number of likely N-dealkylation sites (tertiary alicyclic amines) is 2. The molecule has 2 atom stereocenters. The standard InChI is InChI=1S/C31H48N6O4/c1-22(2)16-26(35-27(38)20-33-29(40)25(32)17-23-8-4-3-5-9-23)30(41)34-21-28(39)37-14-10-31(11-15-37)18-24(19-31)36-12-6-7-13-36/h3-5,8-9,22,24-26H,6-7,10-21,32H2,1-2H3,(H,33,40)(H,34,41)(H,35,38). The van der Waals surface area contributed by atoms with Crippen LogP contribution in [0.4, 0.5) is 0 Å². The molecule has 2 saturated heterocycles. The van der Waals surface area contributed by atoms with E-state index >= 15 is 0 Å². The SMILES string of the molecule is CC(C)CC(NC(=O)CNC(=O)C(N)Cc1ccccc1)C(=O)NCC(=O)N1CCC2(CC1)CC(N1CCCC1)C2. The molecule has 0 aromatic heterocycles. The van der Waals surface area contributed by atoms with Crippen molar-refractivity contribution in [3.8, 4) is 0 Å². The molecule has 3 aliphatic rings. The molecule has 10 heteroatoms. The van der Waals surface area contributed by atoms with E-state index < -0.39 is 29.8 Å². The topological polar surface area (TPSA) is 137 Å². The van der Waals surface area contributed by atoms with Crippen LogP contribution in [0.25, 0.3) is 0 Å². The second kappa shape index (κ2) is 14.3. The van der Waals surface area contributed by atoms with E-state index in [-0.39, 0.29) is 24.9 Å². The number of hydrogen-bond donors (Lipinski definition) is 4. The molecular formula is C31H48N6O4. The van der Waals surface area contributed by atoms with E-state index in [4.69, 9.17) is 5.73 Å². The highest BCUT2D eigenvalue weighted by Gasteiger charge is 2.48. The molecule has 2 unspecified atom stereocenters. The maximum absolute atomic E-state index is 13.0. The molecule has 41 heavy (non-hydrogen) atoms. The van der Waals surface area contributed by atoms with Gasteiger partial charge in [0.1, 0.15) is 6.04 Å². The summed E-state index contributed by atoms with van der Waals surface area (Å²) < 4.78 is 0. The van der Waals surface area contributed by atoms with Crippen LogP contribution >= 0.6 is 0 Å². The number of amides is 4. The van der Waals surface area contributed by atoms with Crippen molar-refractivity contribution in [3.63, 3.8) is 0 Å². The fourth-order valence-electron chi connectivity index (χ4n) is 6.55. The Morgan fingerprint density at radius 1 is 0.927 bits per heavy atom. The van der Waals surface area contributed by atoms with Gasteiger partial charge in [0.2, 0.25) is 23.6 Å². The van der Waals surface area contributed by atoms with E-state index in [1.165, 1.54) is 38.8 Å². The van der Waals surface area contributed by atoms with Gasteiger partial charge in [-0.05, 0) is 81.4 Å². The Hall–Kier alpha value is -2.98. The molecule has 4 amide bonds. The number of nitrogens with zero attached hydrogens (tertiary/aromatic N) is 2. The number of piperidine rings is 1. The molecular weight excluding hydrogens is 520 g/mol. The van der Waals surface area contributed by atoms with Gasteiger partial charge in [0.15, 0.2) is 0 Å². The highest BCUT2D eigenvalue weighted by Crippen LogP contribution is 2.51. The smallest absolute Gasteiger partial charge is 0.243 e. The predicted octanol–water partition coefficient (Wildman–Crippen LogP) is 1.19. The van der Waals surface area contributed by atoms with Crippen molar-refractivity contribution in [2.45, 2.75) is 83.3 Å². The van der Waals surface area contributed by atoms with Crippen LogP contribution in [-0.2, 0) is 25.6 Å². The zero-order valence-electron chi connectivity index (χ0n) is 24.7. The third-order valence-electron chi connectivity index (χ3n) is 9.00. The molecule has 1 aromatic carbocycles. The Morgan fingerprint density at radius 3 is 2.20 bits per heavy atom. The van der Waals surface area contributed by atoms with Crippen molar-refractivity contribution in [1.82, 2.24) is 25.8 Å². The highest BCUT2D eigenvalue weighted by atomic mass is 16.2. The largest absolute Gasteiger partial charge is 0.346 e. The predicted molar refractivity (Wildman–Crippen MR) is 158 cm³/mol. The summed E-state index contributed by atoms with van der Waals surface area (Å²) in [6.45, 7) is 7.50. The molecule has 2 aliphatic heterocycles. The molecule has 1 aromatic rings. The van der Waals surface area contributed by atoms with Crippen LogP contribution in [0, 0.1) is 11.3 Å². The lowest BCUT2D eigenvalue weighted by Gasteiger charge is -2.54. The van der Waals surface area contributed by atoms with Crippen LogP contribution < -0.4 is 21.7 Å². The summed E-state index contributed by atoms with van der Waals surface area (Å²) >= 11 is 0. The van der Waals surface area contributed by atoms with Gasteiger partial charge >= 0.3 is 0 Å². The first kappa shape index (κ1) is 31.0. The molecule has 1 aliphatic carbocycles. The van der Waals surface area contributed by atoms with E-state index in [0.717, 1.165) is 37.5 Å². The first-order chi connectivity index (χ1) is 19.6. The minimum atomic E-state index is -0.799. The molecule has 226 valence electrons. The maximum atomic E-state index is 13.0. The second-order valence-corrected chi connectivity index (χ2v) is 12.7. The Morgan fingerprint density at radius 2 is 1.56 bits per heavy atom. The quantitative estimate of drug-likeness (QED) is 0.299. The Bertz CT molecular complexity index is 1040. The number of hydrogen-bond acceptors (Lipinski definition) is 6. The summed E-state index contributed by atoms with van der Waals surface area (Å²) in [5.74, 6) is -1.25. The zero-order chi connectivity index (χ0) is 29.4. The van der Waals surface area contributed by atoms with E-state index in [1.807, 2.05) is 49.1 Å². The van der Waals surface area contributed by atoms with Crippen molar-refractivity contribution >= 4 is 23.6 Å². The molecule has 2 heterocycles. The number of carbonyl (C=O) groups excluding carboxylic acids is 4. The average Bonchev–Trinajstić information content (AvgIpc) is 3.48. The van der Waals surface area contributed by atoms with Crippen LogP contribution in [-0.4, -0.2) is 90.8 Å². The van der Waals surface area contributed by atoms with Gasteiger partial charge < -0.3 is 31.5 Å². The van der Waals surface area contributed by atoms with Crippen LogP contribution in [0.15, 0.2) is 30.3 Å². The van der Waals surface area contributed by atoms with Gasteiger partial charge in [-0.3, -0.25) is 19.2 Å². The fourth-order valence-corrected chi connectivity index (χ4v) is 6.55. The minimum absolute atomic E-state index is 0.0853.